The van der Waals surface area contributed by atoms with Crippen LogP contribution in [-0.2, 0) is 4.74 Å². The van der Waals surface area contributed by atoms with E-state index in [-0.39, 0.29) is 0 Å². The predicted molar refractivity (Wildman–Crippen MR) is 66.1 cm³/mol. The highest BCUT2D eigenvalue weighted by Crippen LogP contribution is 2.12. The Morgan fingerprint density at radius 2 is 2.33 bits per heavy atom. The fraction of sp³-hybridized carbons (Fsp3) is 0.545. The molecule has 0 unspecified atom stereocenters. The molecule has 0 radical (unpaired) electrons. The van der Waals surface area contributed by atoms with Crippen LogP contribution >= 0.6 is 15.9 Å². The zero-order valence-corrected chi connectivity index (χ0v) is 10.8. The van der Waals surface area contributed by atoms with Crippen LogP contribution in [0.25, 0.3) is 0 Å². The van der Waals surface area contributed by atoms with Gasteiger partial charge in [-0.05, 0) is 32.4 Å². The third kappa shape index (κ3) is 5.74. The van der Waals surface area contributed by atoms with Gasteiger partial charge in [0.25, 0.3) is 0 Å². The molecule has 0 amide bonds. The molecule has 0 spiro atoms. The average molecular weight is 273 g/mol. The minimum absolute atomic E-state index is 0.314. The van der Waals surface area contributed by atoms with E-state index in [2.05, 4.69) is 26.2 Å². The Morgan fingerprint density at radius 3 is 3.00 bits per heavy atom. The summed E-state index contributed by atoms with van der Waals surface area (Å²) in [5, 5.41) is 3.24. The molecule has 1 aromatic rings. The molecule has 0 saturated carbocycles. The fourth-order valence-electron chi connectivity index (χ4n) is 1.11. The van der Waals surface area contributed by atoms with E-state index in [1.54, 1.807) is 6.20 Å². The molecule has 3 nitrogen and oxygen atoms in total. The van der Waals surface area contributed by atoms with Crippen molar-refractivity contribution in [2.45, 2.75) is 26.4 Å². The first-order chi connectivity index (χ1) is 7.18. The number of hydrogen-bond donors (Lipinski definition) is 1. The van der Waals surface area contributed by atoms with Gasteiger partial charge in [0.15, 0.2) is 0 Å². The largest absolute Gasteiger partial charge is 0.379 e. The van der Waals surface area contributed by atoms with Gasteiger partial charge in [-0.3, -0.25) is 0 Å². The number of ether oxygens (including phenoxy) is 1. The second kappa shape index (κ2) is 6.80. The zero-order chi connectivity index (χ0) is 11.1. The Kier molecular flexibility index (Phi) is 5.65. The minimum Gasteiger partial charge on any atom is -0.379 e. The maximum atomic E-state index is 5.43. The quantitative estimate of drug-likeness (QED) is 0.809. The SMILES string of the molecule is CC(C)OCCCNc1cc(Br)ccn1. The van der Waals surface area contributed by atoms with Crippen LogP contribution in [-0.4, -0.2) is 24.2 Å². The lowest BCUT2D eigenvalue weighted by Crippen LogP contribution is -2.09. The molecule has 1 N–H and O–H groups in total. The summed E-state index contributed by atoms with van der Waals surface area (Å²) < 4.78 is 6.47. The van der Waals surface area contributed by atoms with Gasteiger partial charge in [-0.25, -0.2) is 4.98 Å². The third-order valence-corrected chi connectivity index (χ3v) is 2.29. The molecule has 15 heavy (non-hydrogen) atoms. The van der Waals surface area contributed by atoms with Crippen molar-refractivity contribution in [2.24, 2.45) is 0 Å². The van der Waals surface area contributed by atoms with Gasteiger partial charge in [-0.15, -0.1) is 0 Å². The third-order valence-electron chi connectivity index (χ3n) is 1.80. The van der Waals surface area contributed by atoms with Gasteiger partial charge in [0.05, 0.1) is 6.10 Å². The van der Waals surface area contributed by atoms with E-state index < -0.39 is 0 Å². The van der Waals surface area contributed by atoms with E-state index in [0.29, 0.717) is 6.10 Å². The van der Waals surface area contributed by atoms with Crippen molar-refractivity contribution in [3.63, 3.8) is 0 Å². The van der Waals surface area contributed by atoms with Crippen molar-refractivity contribution in [1.82, 2.24) is 4.98 Å². The molecule has 1 rings (SSSR count). The zero-order valence-electron chi connectivity index (χ0n) is 9.16. The molecule has 0 atom stereocenters. The van der Waals surface area contributed by atoms with Gasteiger partial charge < -0.3 is 10.1 Å². The summed E-state index contributed by atoms with van der Waals surface area (Å²) >= 11 is 3.40. The molecule has 4 heteroatoms. The number of pyridine rings is 1. The molecule has 0 aliphatic rings. The predicted octanol–water partition coefficient (Wildman–Crippen LogP) is 3.07. The van der Waals surface area contributed by atoms with Crippen molar-refractivity contribution < 1.29 is 4.74 Å². The van der Waals surface area contributed by atoms with Crippen LogP contribution < -0.4 is 5.32 Å². The number of anilines is 1. The molecule has 0 aromatic carbocycles. The van der Waals surface area contributed by atoms with Gasteiger partial charge >= 0.3 is 0 Å². The first kappa shape index (κ1) is 12.5. The maximum Gasteiger partial charge on any atom is 0.127 e. The first-order valence-corrected chi connectivity index (χ1v) is 5.95. The van der Waals surface area contributed by atoms with Crippen LogP contribution in [0.4, 0.5) is 5.82 Å². The number of nitrogens with zero attached hydrogens (tertiary/aromatic N) is 1. The smallest absolute Gasteiger partial charge is 0.127 e. The monoisotopic (exact) mass is 272 g/mol. The second-order valence-electron chi connectivity index (χ2n) is 3.56. The Morgan fingerprint density at radius 1 is 1.53 bits per heavy atom. The van der Waals surface area contributed by atoms with Gasteiger partial charge in [-0.2, -0.15) is 0 Å². The van der Waals surface area contributed by atoms with Gasteiger partial charge in [0.2, 0.25) is 0 Å². The fourth-order valence-corrected chi connectivity index (χ4v) is 1.44. The van der Waals surface area contributed by atoms with E-state index in [1.807, 2.05) is 26.0 Å². The number of rotatable bonds is 6. The summed E-state index contributed by atoms with van der Waals surface area (Å²) in [5.41, 5.74) is 0. The van der Waals surface area contributed by atoms with Crippen LogP contribution in [0, 0.1) is 0 Å². The molecule has 0 fully saturated rings. The molecular formula is C11H17BrN2O. The highest BCUT2D eigenvalue weighted by atomic mass is 79.9. The summed E-state index contributed by atoms with van der Waals surface area (Å²) in [4.78, 5) is 4.19. The summed E-state index contributed by atoms with van der Waals surface area (Å²) in [6, 6.07) is 3.87. The number of aromatic nitrogens is 1. The molecule has 0 aliphatic carbocycles. The van der Waals surface area contributed by atoms with Crippen molar-refractivity contribution in [1.29, 1.82) is 0 Å². The molecule has 1 aromatic heterocycles. The van der Waals surface area contributed by atoms with Gasteiger partial charge in [-0.1, -0.05) is 15.9 Å². The Labute approximate surface area is 99.4 Å². The Hall–Kier alpha value is -0.610. The molecule has 84 valence electrons. The van der Waals surface area contributed by atoms with Crippen molar-refractivity contribution in [3.05, 3.63) is 22.8 Å². The number of hydrogen-bond acceptors (Lipinski definition) is 3. The van der Waals surface area contributed by atoms with Crippen LogP contribution in [0.1, 0.15) is 20.3 Å². The van der Waals surface area contributed by atoms with E-state index >= 15 is 0 Å². The first-order valence-electron chi connectivity index (χ1n) is 5.15. The summed E-state index contributed by atoms with van der Waals surface area (Å²) in [6.45, 7) is 5.77. The van der Waals surface area contributed by atoms with Crippen LogP contribution in [0.15, 0.2) is 22.8 Å². The minimum atomic E-state index is 0.314. The van der Waals surface area contributed by atoms with Crippen LogP contribution in [0.3, 0.4) is 0 Å². The summed E-state index contributed by atoms with van der Waals surface area (Å²) in [5.74, 6) is 0.897. The normalized spacial score (nSPS) is 10.7. The second-order valence-corrected chi connectivity index (χ2v) is 4.47. The Balaban J connectivity index is 2.15. The van der Waals surface area contributed by atoms with Gasteiger partial charge in [0.1, 0.15) is 5.82 Å². The molecule has 0 saturated heterocycles. The summed E-state index contributed by atoms with van der Waals surface area (Å²) in [7, 11) is 0. The lowest BCUT2D eigenvalue weighted by molar-refractivity contribution is 0.0787. The average Bonchev–Trinajstić information content (AvgIpc) is 2.17. The van der Waals surface area contributed by atoms with E-state index in [0.717, 1.165) is 29.9 Å². The lowest BCUT2D eigenvalue weighted by atomic mass is 10.4. The highest BCUT2D eigenvalue weighted by molar-refractivity contribution is 9.10. The maximum absolute atomic E-state index is 5.43. The van der Waals surface area contributed by atoms with E-state index in [4.69, 9.17) is 4.74 Å². The molecule has 1 heterocycles. The number of halogens is 1. The van der Waals surface area contributed by atoms with E-state index in [9.17, 15) is 0 Å². The summed E-state index contributed by atoms with van der Waals surface area (Å²) in [6.07, 6.45) is 3.08. The molecule has 0 bridgehead atoms. The standard InChI is InChI=1S/C11H17BrN2O/c1-9(2)15-7-3-5-13-11-8-10(12)4-6-14-11/h4,6,8-9H,3,5,7H2,1-2H3,(H,13,14). The lowest BCUT2D eigenvalue weighted by Gasteiger charge is -2.08. The topological polar surface area (TPSA) is 34.1 Å². The molecule has 0 aliphatic heterocycles. The van der Waals surface area contributed by atoms with Crippen molar-refractivity contribution in [2.75, 3.05) is 18.5 Å². The number of nitrogens with one attached hydrogen (secondary N) is 1. The van der Waals surface area contributed by atoms with Crippen LogP contribution in [0.2, 0.25) is 0 Å². The van der Waals surface area contributed by atoms with E-state index in [1.165, 1.54) is 0 Å². The van der Waals surface area contributed by atoms with Gasteiger partial charge in [0, 0.05) is 23.8 Å². The Bertz CT molecular complexity index is 292. The van der Waals surface area contributed by atoms with Crippen molar-refractivity contribution >= 4 is 21.7 Å². The van der Waals surface area contributed by atoms with Crippen LogP contribution in [0.5, 0.6) is 0 Å². The van der Waals surface area contributed by atoms with Crippen molar-refractivity contribution in [3.8, 4) is 0 Å². The molecular weight excluding hydrogens is 256 g/mol. The highest BCUT2D eigenvalue weighted by Gasteiger charge is 1.95.